The average molecular weight is 358 g/mol. The molecular formula is C16H14N4O2S2. The van der Waals surface area contributed by atoms with Gasteiger partial charge in [-0.25, -0.2) is 14.8 Å². The fourth-order valence-electron chi connectivity index (χ4n) is 2.05. The zero-order chi connectivity index (χ0) is 16.9. The summed E-state index contributed by atoms with van der Waals surface area (Å²) in [6.07, 6.45) is 1.49. The van der Waals surface area contributed by atoms with Gasteiger partial charge in [0, 0.05) is 17.3 Å². The molecule has 0 saturated carbocycles. The van der Waals surface area contributed by atoms with Gasteiger partial charge in [0.25, 0.3) is 0 Å². The molecule has 2 N–H and O–H groups in total. The van der Waals surface area contributed by atoms with Gasteiger partial charge >= 0.3 is 6.03 Å². The summed E-state index contributed by atoms with van der Waals surface area (Å²) in [4.78, 5) is 33.4. The molecule has 6 nitrogen and oxygen atoms in total. The number of amides is 3. The van der Waals surface area contributed by atoms with Crippen LogP contribution in [-0.4, -0.2) is 34.7 Å². The van der Waals surface area contributed by atoms with Crippen molar-refractivity contribution in [1.29, 1.82) is 0 Å². The molecule has 0 unspecified atom stereocenters. The number of carbonyl (C=O) groups is 2. The van der Waals surface area contributed by atoms with Crippen molar-refractivity contribution in [3.63, 3.8) is 0 Å². The highest BCUT2D eigenvalue weighted by molar-refractivity contribution is 8.00. The van der Waals surface area contributed by atoms with Crippen molar-refractivity contribution < 1.29 is 9.59 Å². The number of rotatable bonds is 4. The lowest BCUT2D eigenvalue weighted by molar-refractivity contribution is -0.117. The Kier molecular flexibility index (Phi) is 5.07. The van der Waals surface area contributed by atoms with E-state index < -0.39 is 6.03 Å². The van der Waals surface area contributed by atoms with Crippen molar-refractivity contribution in [1.82, 2.24) is 20.6 Å². The molecule has 8 heteroatoms. The molecule has 0 aliphatic carbocycles. The van der Waals surface area contributed by atoms with Gasteiger partial charge in [-0.3, -0.25) is 10.1 Å². The molecule has 2 aromatic heterocycles. The second-order valence-electron chi connectivity index (χ2n) is 4.79. The van der Waals surface area contributed by atoms with Crippen molar-refractivity contribution in [2.45, 2.75) is 5.03 Å². The Bertz CT molecular complexity index is 880. The summed E-state index contributed by atoms with van der Waals surface area (Å²) >= 11 is 2.87. The predicted molar refractivity (Wildman–Crippen MR) is 96.2 cm³/mol. The van der Waals surface area contributed by atoms with E-state index in [9.17, 15) is 9.59 Å². The van der Waals surface area contributed by atoms with Gasteiger partial charge in [-0.15, -0.1) is 11.3 Å². The van der Waals surface area contributed by atoms with E-state index in [0.29, 0.717) is 0 Å². The van der Waals surface area contributed by atoms with Crippen LogP contribution in [0.25, 0.3) is 20.7 Å². The highest BCUT2D eigenvalue weighted by Gasteiger charge is 2.13. The number of nitrogens with zero attached hydrogens (tertiary/aromatic N) is 2. The van der Waals surface area contributed by atoms with Crippen LogP contribution in [0.5, 0.6) is 0 Å². The second kappa shape index (κ2) is 7.41. The maximum absolute atomic E-state index is 11.7. The molecule has 0 atom stereocenters. The fraction of sp³-hybridized carbons (Fsp3) is 0.125. The largest absolute Gasteiger partial charge is 0.341 e. The number of benzene rings is 1. The SMILES string of the molecule is CNC(=O)NC(=O)CSc1ncnc2sc(-c3ccccc3)cc12. The third-order valence-corrected chi connectivity index (χ3v) is 5.27. The number of fused-ring (bicyclic) bond motifs is 1. The van der Waals surface area contributed by atoms with E-state index >= 15 is 0 Å². The zero-order valence-electron chi connectivity index (χ0n) is 12.8. The lowest BCUT2D eigenvalue weighted by atomic mass is 10.2. The van der Waals surface area contributed by atoms with Crippen LogP contribution in [-0.2, 0) is 4.79 Å². The molecule has 0 bridgehead atoms. The summed E-state index contributed by atoms with van der Waals surface area (Å²) in [5.74, 6) is -0.264. The first-order valence-corrected chi connectivity index (χ1v) is 8.92. The number of hydrogen-bond acceptors (Lipinski definition) is 6. The van der Waals surface area contributed by atoms with Crippen LogP contribution in [0.15, 0.2) is 47.8 Å². The summed E-state index contributed by atoms with van der Waals surface area (Å²) in [5, 5.41) is 6.21. The number of imide groups is 1. The maximum Gasteiger partial charge on any atom is 0.321 e. The molecule has 0 spiro atoms. The van der Waals surface area contributed by atoms with Gasteiger partial charge in [-0.2, -0.15) is 0 Å². The summed E-state index contributed by atoms with van der Waals surface area (Å²) in [7, 11) is 1.46. The quantitative estimate of drug-likeness (QED) is 0.553. The molecule has 3 amide bonds. The van der Waals surface area contributed by atoms with Crippen LogP contribution in [0.3, 0.4) is 0 Å². The standard InChI is InChI=1S/C16H14N4O2S2/c1-17-16(22)20-13(21)8-23-14-11-7-12(10-5-3-2-4-6-10)24-15(11)19-9-18-14/h2-7,9H,8H2,1H3,(H2,17,20,21,22). The number of urea groups is 1. The molecule has 24 heavy (non-hydrogen) atoms. The van der Waals surface area contributed by atoms with Crippen molar-refractivity contribution in [2.75, 3.05) is 12.8 Å². The molecule has 0 fully saturated rings. The molecule has 0 aliphatic rings. The summed E-state index contributed by atoms with van der Waals surface area (Å²) < 4.78 is 0. The minimum absolute atomic E-state index is 0.107. The lowest BCUT2D eigenvalue weighted by Crippen LogP contribution is -2.38. The molecule has 0 aliphatic heterocycles. The fourth-order valence-corrected chi connectivity index (χ4v) is 3.89. The van der Waals surface area contributed by atoms with Crippen molar-refractivity contribution in [3.8, 4) is 10.4 Å². The van der Waals surface area contributed by atoms with E-state index in [1.165, 1.54) is 25.1 Å². The molecule has 3 aromatic rings. The van der Waals surface area contributed by atoms with Gasteiger partial charge in [-0.1, -0.05) is 42.1 Å². The highest BCUT2D eigenvalue weighted by Crippen LogP contribution is 2.35. The summed E-state index contributed by atoms with van der Waals surface area (Å²) in [6.45, 7) is 0. The smallest absolute Gasteiger partial charge is 0.321 e. The average Bonchev–Trinajstić information content (AvgIpc) is 3.05. The first kappa shape index (κ1) is 16.4. The number of nitrogens with one attached hydrogen (secondary N) is 2. The van der Waals surface area contributed by atoms with Crippen molar-refractivity contribution in [3.05, 3.63) is 42.7 Å². The van der Waals surface area contributed by atoms with E-state index in [-0.39, 0.29) is 11.7 Å². The third-order valence-electron chi connectivity index (χ3n) is 3.17. The zero-order valence-corrected chi connectivity index (χ0v) is 14.4. The number of aromatic nitrogens is 2. The first-order valence-electron chi connectivity index (χ1n) is 7.11. The van der Waals surface area contributed by atoms with E-state index in [4.69, 9.17) is 0 Å². The van der Waals surface area contributed by atoms with E-state index in [0.717, 1.165) is 25.7 Å². The van der Waals surface area contributed by atoms with Gasteiger partial charge in [0.15, 0.2) is 0 Å². The molecule has 3 rings (SSSR count). The Morgan fingerprint density at radius 2 is 2.00 bits per heavy atom. The topological polar surface area (TPSA) is 84.0 Å². The van der Waals surface area contributed by atoms with Crippen LogP contribution >= 0.6 is 23.1 Å². The highest BCUT2D eigenvalue weighted by atomic mass is 32.2. The Labute approximate surface area is 146 Å². The molecular weight excluding hydrogens is 344 g/mol. The Hall–Kier alpha value is -2.45. The molecule has 1 aromatic carbocycles. The second-order valence-corrected chi connectivity index (χ2v) is 6.78. The monoisotopic (exact) mass is 358 g/mol. The minimum atomic E-state index is -0.518. The minimum Gasteiger partial charge on any atom is -0.341 e. The van der Waals surface area contributed by atoms with Gasteiger partial charge in [-0.05, 0) is 11.6 Å². The number of hydrogen-bond donors (Lipinski definition) is 2. The normalized spacial score (nSPS) is 10.5. The van der Waals surface area contributed by atoms with Crippen LogP contribution in [0.2, 0.25) is 0 Å². The number of thiophene rings is 1. The van der Waals surface area contributed by atoms with Crippen LogP contribution in [0, 0.1) is 0 Å². The molecule has 0 saturated heterocycles. The van der Waals surface area contributed by atoms with Gasteiger partial charge in [0.2, 0.25) is 5.91 Å². The molecule has 122 valence electrons. The van der Waals surface area contributed by atoms with E-state index in [1.807, 2.05) is 36.4 Å². The van der Waals surface area contributed by atoms with E-state index in [2.05, 4.69) is 20.6 Å². The number of carbonyl (C=O) groups excluding carboxylic acids is 2. The first-order chi connectivity index (χ1) is 11.7. The van der Waals surface area contributed by atoms with Crippen LogP contribution in [0.1, 0.15) is 0 Å². The van der Waals surface area contributed by atoms with Gasteiger partial charge in [0.1, 0.15) is 16.2 Å². The summed E-state index contributed by atoms with van der Waals surface area (Å²) in [5.41, 5.74) is 1.12. The predicted octanol–water partition coefficient (Wildman–Crippen LogP) is 2.91. The van der Waals surface area contributed by atoms with Gasteiger partial charge < -0.3 is 5.32 Å². The molecule has 2 heterocycles. The van der Waals surface area contributed by atoms with Crippen LogP contribution < -0.4 is 10.6 Å². The Balaban J connectivity index is 1.80. The molecule has 0 radical (unpaired) electrons. The Morgan fingerprint density at radius 1 is 1.21 bits per heavy atom. The third kappa shape index (κ3) is 3.72. The summed E-state index contributed by atoms with van der Waals surface area (Å²) in [6, 6.07) is 11.6. The Morgan fingerprint density at radius 3 is 2.75 bits per heavy atom. The lowest BCUT2D eigenvalue weighted by Gasteiger charge is -2.03. The van der Waals surface area contributed by atoms with Crippen molar-refractivity contribution >= 4 is 45.3 Å². The van der Waals surface area contributed by atoms with E-state index in [1.54, 1.807) is 11.3 Å². The van der Waals surface area contributed by atoms with Crippen molar-refractivity contribution in [2.24, 2.45) is 0 Å². The van der Waals surface area contributed by atoms with Crippen LogP contribution in [0.4, 0.5) is 4.79 Å². The van der Waals surface area contributed by atoms with Gasteiger partial charge in [0.05, 0.1) is 5.75 Å². The maximum atomic E-state index is 11.7. The number of thioether (sulfide) groups is 1.